The molecule has 0 spiro atoms. The lowest BCUT2D eigenvalue weighted by atomic mass is 10.0. The van der Waals surface area contributed by atoms with Crippen LogP contribution in [0.4, 0.5) is 0 Å². The van der Waals surface area contributed by atoms with Gasteiger partial charge >= 0.3 is 11.9 Å². The number of carboxylic acid groups (broad SMARTS) is 2. The Morgan fingerprint density at radius 3 is 1.84 bits per heavy atom. The molecule has 0 rings (SSSR count). The number of aliphatic hydroxyl groups excluding tert-OH is 2. The third-order valence-corrected chi connectivity index (χ3v) is 4.20. The topological polar surface area (TPSA) is 228 Å². The maximum atomic E-state index is 12.6. The van der Waals surface area contributed by atoms with E-state index in [-0.39, 0.29) is 18.8 Å². The van der Waals surface area contributed by atoms with E-state index in [1.807, 2.05) is 0 Å². The number of aliphatic hydroxyl groups is 2. The molecule has 5 atom stereocenters. The molecular formula is C18H32N4O9. The van der Waals surface area contributed by atoms with Gasteiger partial charge in [-0.25, -0.2) is 4.79 Å². The second-order valence-electron chi connectivity index (χ2n) is 7.54. The molecular weight excluding hydrogens is 416 g/mol. The number of amides is 3. The maximum Gasteiger partial charge on any atom is 0.326 e. The van der Waals surface area contributed by atoms with Crippen LogP contribution in [-0.4, -0.2) is 87.0 Å². The summed E-state index contributed by atoms with van der Waals surface area (Å²) in [4.78, 5) is 59.3. The summed E-state index contributed by atoms with van der Waals surface area (Å²) in [5.74, 6) is -5.49. The second-order valence-corrected chi connectivity index (χ2v) is 7.54. The Labute approximate surface area is 179 Å². The molecule has 5 unspecified atom stereocenters. The van der Waals surface area contributed by atoms with Crippen LogP contribution in [-0.2, 0) is 24.0 Å². The standard InChI is InChI=1S/C18H32N4O9/c1-8(2)6-12(18(30)31)21-16(28)11(4-5-13(25)26)20-17(29)14(9(3)24)22-15(27)10(19)7-23/h8-12,14,23-24H,4-7,19H2,1-3H3,(H,20,29)(H,21,28)(H,22,27)(H,25,26)(H,30,31). The molecule has 0 fully saturated rings. The van der Waals surface area contributed by atoms with Crippen molar-refractivity contribution in [1.82, 2.24) is 16.0 Å². The molecule has 0 aliphatic rings. The number of carbonyl (C=O) groups excluding carboxylic acids is 3. The highest BCUT2D eigenvalue weighted by atomic mass is 16.4. The van der Waals surface area contributed by atoms with Gasteiger partial charge in [0.2, 0.25) is 17.7 Å². The van der Waals surface area contributed by atoms with Crippen molar-refractivity contribution < 1.29 is 44.4 Å². The first kappa shape index (κ1) is 28.2. The number of carboxylic acids is 2. The molecule has 9 N–H and O–H groups in total. The maximum absolute atomic E-state index is 12.6. The van der Waals surface area contributed by atoms with Gasteiger partial charge in [-0.2, -0.15) is 0 Å². The first-order chi connectivity index (χ1) is 14.3. The Hall–Kier alpha value is -2.77. The van der Waals surface area contributed by atoms with Crippen LogP contribution in [0.15, 0.2) is 0 Å². The number of hydrogen-bond donors (Lipinski definition) is 8. The van der Waals surface area contributed by atoms with Crippen LogP contribution < -0.4 is 21.7 Å². The molecule has 0 bridgehead atoms. The van der Waals surface area contributed by atoms with Crippen molar-refractivity contribution >= 4 is 29.7 Å². The highest BCUT2D eigenvalue weighted by Gasteiger charge is 2.32. The average molecular weight is 448 g/mol. The molecule has 0 saturated heterocycles. The lowest BCUT2D eigenvalue weighted by Crippen LogP contribution is -2.60. The van der Waals surface area contributed by atoms with Crippen molar-refractivity contribution in [3.63, 3.8) is 0 Å². The van der Waals surface area contributed by atoms with Crippen LogP contribution in [0.5, 0.6) is 0 Å². The molecule has 0 aliphatic carbocycles. The zero-order chi connectivity index (χ0) is 24.3. The van der Waals surface area contributed by atoms with E-state index in [9.17, 15) is 34.2 Å². The SMILES string of the molecule is CC(C)CC(NC(=O)C(CCC(=O)O)NC(=O)C(NC(=O)C(N)CO)C(C)O)C(=O)O. The Balaban J connectivity index is 5.47. The highest BCUT2D eigenvalue weighted by Crippen LogP contribution is 2.07. The van der Waals surface area contributed by atoms with Gasteiger partial charge in [-0.15, -0.1) is 0 Å². The fourth-order valence-electron chi connectivity index (χ4n) is 2.51. The highest BCUT2D eigenvalue weighted by molar-refractivity contribution is 5.94. The monoisotopic (exact) mass is 448 g/mol. The summed E-state index contributed by atoms with van der Waals surface area (Å²) in [6.07, 6.45) is -2.20. The number of aliphatic carboxylic acids is 2. The van der Waals surface area contributed by atoms with Crippen LogP contribution in [0, 0.1) is 5.92 Å². The fourth-order valence-corrected chi connectivity index (χ4v) is 2.51. The smallest absolute Gasteiger partial charge is 0.326 e. The summed E-state index contributed by atoms with van der Waals surface area (Å²) in [5.41, 5.74) is 5.36. The summed E-state index contributed by atoms with van der Waals surface area (Å²) in [7, 11) is 0. The zero-order valence-electron chi connectivity index (χ0n) is 17.7. The van der Waals surface area contributed by atoms with Gasteiger partial charge in [0, 0.05) is 6.42 Å². The molecule has 0 heterocycles. The first-order valence-corrected chi connectivity index (χ1v) is 9.70. The Morgan fingerprint density at radius 1 is 0.871 bits per heavy atom. The lowest BCUT2D eigenvalue weighted by molar-refractivity contribution is -0.143. The minimum Gasteiger partial charge on any atom is -0.481 e. The Bertz CT molecular complexity index is 654. The van der Waals surface area contributed by atoms with E-state index in [2.05, 4.69) is 16.0 Å². The normalized spacial score (nSPS) is 15.8. The zero-order valence-corrected chi connectivity index (χ0v) is 17.7. The van der Waals surface area contributed by atoms with Crippen molar-refractivity contribution in [2.75, 3.05) is 6.61 Å². The number of hydrogen-bond acceptors (Lipinski definition) is 8. The van der Waals surface area contributed by atoms with E-state index in [0.29, 0.717) is 0 Å². The van der Waals surface area contributed by atoms with Gasteiger partial charge in [0.1, 0.15) is 24.2 Å². The van der Waals surface area contributed by atoms with E-state index < -0.39 is 73.0 Å². The molecule has 0 saturated carbocycles. The van der Waals surface area contributed by atoms with Gasteiger partial charge < -0.3 is 42.1 Å². The number of nitrogens with one attached hydrogen (secondary N) is 3. The Kier molecular flexibility index (Phi) is 12.3. The van der Waals surface area contributed by atoms with Gasteiger partial charge in [0.15, 0.2) is 0 Å². The average Bonchev–Trinajstić information content (AvgIpc) is 2.66. The third kappa shape index (κ3) is 10.7. The second kappa shape index (κ2) is 13.5. The minimum absolute atomic E-state index is 0.0703. The molecule has 13 nitrogen and oxygen atoms in total. The molecule has 0 aromatic heterocycles. The quantitative estimate of drug-likeness (QED) is 0.135. The summed E-state index contributed by atoms with van der Waals surface area (Å²) in [6, 6.07) is -5.61. The number of nitrogens with two attached hydrogens (primary N) is 1. The fraction of sp³-hybridized carbons (Fsp3) is 0.722. The van der Waals surface area contributed by atoms with Crippen molar-refractivity contribution in [2.24, 2.45) is 11.7 Å². The molecule has 0 radical (unpaired) electrons. The van der Waals surface area contributed by atoms with Crippen LogP contribution in [0.1, 0.15) is 40.0 Å². The molecule has 13 heteroatoms. The third-order valence-electron chi connectivity index (χ3n) is 4.20. The lowest BCUT2D eigenvalue weighted by Gasteiger charge is -2.26. The van der Waals surface area contributed by atoms with E-state index in [1.165, 1.54) is 6.92 Å². The summed E-state index contributed by atoms with van der Waals surface area (Å²) in [6.45, 7) is 3.97. The summed E-state index contributed by atoms with van der Waals surface area (Å²) in [5, 5.41) is 43.5. The van der Waals surface area contributed by atoms with Gasteiger partial charge in [-0.05, 0) is 25.7 Å². The first-order valence-electron chi connectivity index (χ1n) is 9.70. The molecule has 178 valence electrons. The molecule has 3 amide bonds. The minimum atomic E-state index is -1.56. The van der Waals surface area contributed by atoms with Gasteiger partial charge in [-0.1, -0.05) is 13.8 Å². The van der Waals surface area contributed by atoms with Crippen molar-refractivity contribution in [3.8, 4) is 0 Å². The number of rotatable bonds is 14. The van der Waals surface area contributed by atoms with E-state index >= 15 is 0 Å². The summed E-state index contributed by atoms with van der Waals surface area (Å²) >= 11 is 0. The molecule has 0 aliphatic heterocycles. The van der Waals surface area contributed by atoms with Crippen molar-refractivity contribution in [1.29, 1.82) is 0 Å². The molecule has 31 heavy (non-hydrogen) atoms. The largest absolute Gasteiger partial charge is 0.481 e. The number of carbonyl (C=O) groups is 5. The molecule has 0 aromatic rings. The van der Waals surface area contributed by atoms with Crippen LogP contribution in [0.25, 0.3) is 0 Å². The van der Waals surface area contributed by atoms with E-state index in [1.54, 1.807) is 13.8 Å². The van der Waals surface area contributed by atoms with Gasteiger partial charge in [-0.3, -0.25) is 19.2 Å². The van der Waals surface area contributed by atoms with Crippen molar-refractivity contribution in [2.45, 2.75) is 70.3 Å². The predicted molar refractivity (Wildman–Crippen MR) is 106 cm³/mol. The van der Waals surface area contributed by atoms with Gasteiger partial charge in [0.25, 0.3) is 0 Å². The van der Waals surface area contributed by atoms with E-state index in [0.717, 1.165) is 0 Å². The van der Waals surface area contributed by atoms with Gasteiger partial charge in [0.05, 0.1) is 12.7 Å². The Morgan fingerprint density at radius 2 is 1.42 bits per heavy atom. The van der Waals surface area contributed by atoms with Crippen LogP contribution in [0.2, 0.25) is 0 Å². The van der Waals surface area contributed by atoms with E-state index in [4.69, 9.17) is 15.9 Å². The van der Waals surface area contributed by atoms with Crippen molar-refractivity contribution in [3.05, 3.63) is 0 Å². The van der Waals surface area contributed by atoms with Crippen LogP contribution in [0.3, 0.4) is 0 Å². The predicted octanol–water partition coefficient (Wildman–Crippen LogP) is -2.86. The summed E-state index contributed by atoms with van der Waals surface area (Å²) < 4.78 is 0. The van der Waals surface area contributed by atoms with Crippen LogP contribution >= 0.6 is 0 Å². The molecule has 0 aromatic carbocycles.